The number of hydrogen-bond donors (Lipinski definition) is 1. The predicted octanol–water partition coefficient (Wildman–Crippen LogP) is 7.07. The maximum Gasteiger partial charge on any atom is 0.311 e. The highest BCUT2D eigenvalue weighted by Gasteiger charge is 2.34. The van der Waals surface area contributed by atoms with Crippen molar-refractivity contribution in [2.75, 3.05) is 14.2 Å². The van der Waals surface area contributed by atoms with Crippen LogP contribution in [0.5, 0.6) is 5.75 Å². The standard InChI is InChI=1S/C28H34O6S3/c1-18-21(26(31)28(33-3)27(32-2)25(18)30)11-9-7-5-4-6-8-10-12-23(29)34-20-15-13-19(14-16-20)22-17-24(35)37-36-22/h13-17,24,35H,4-12H2,1-3H3. The third-order valence-corrected chi connectivity index (χ3v) is 9.63. The number of Topliss-reactive ketones (excluding diaryl/α,β-unsaturated/α-hetero) is 2. The molecule has 0 bridgehead atoms. The molecule has 0 amide bonds. The van der Waals surface area contributed by atoms with Gasteiger partial charge < -0.3 is 14.2 Å². The first kappa shape index (κ1) is 29.5. The maximum atomic E-state index is 12.7. The van der Waals surface area contributed by atoms with E-state index in [0.29, 0.717) is 29.7 Å². The van der Waals surface area contributed by atoms with E-state index in [2.05, 4.69) is 18.7 Å². The molecule has 0 saturated carbocycles. The number of ketones is 2. The SMILES string of the molecule is COC1=C(OC)C(=O)C(CCCCCCCCCC(=O)Oc2ccc(C3=CC(S)SS3)cc2)=C(C)C1=O. The second kappa shape index (κ2) is 14.7. The van der Waals surface area contributed by atoms with Gasteiger partial charge in [0, 0.05) is 22.5 Å². The van der Waals surface area contributed by atoms with Crippen molar-refractivity contribution in [1.29, 1.82) is 0 Å². The molecule has 37 heavy (non-hydrogen) atoms. The van der Waals surface area contributed by atoms with E-state index >= 15 is 0 Å². The van der Waals surface area contributed by atoms with Crippen LogP contribution in [0.2, 0.25) is 0 Å². The molecule has 1 aliphatic heterocycles. The second-order valence-electron chi connectivity index (χ2n) is 8.90. The van der Waals surface area contributed by atoms with Gasteiger partial charge in [-0.05, 0) is 50.0 Å². The van der Waals surface area contributed by atoms with Crippen LogP contribution in [-0.2, 0) is 23.9 Å². The molecule has 0 spiro atoms. The summed E-state index contributed by atoms with van der Waals surface area (Å²) >= 11 is 4.44. The molecule has 1 aromatic carbocycles. The van der Waals surface area contributed by atoms with Crippen molar-refractivity contribution < 1.29 is 28.6 Å². The fourth-order valence-corrected chi connectivity index (χ4v) is 7.02. The Kier molecular flexibility index (Phi) is 11.7. The van der Waals surface area contributed by atoms with E-state index in [1.54, 1.807) is 28.5 Å². The molecule has 200 valence electrons. The summed E-state index contributed by atoms with van der Waals surface area (Å²) in [5.74, 6) is -0.187. The van der Waals surface area contributed by atoms with Crippen LogP contribution >= 0.6 is 34.2 Å². The van der Waals surface area contributed by atoms with Crippen LogP contribution in [0.25, 0.3) is 4.91 Å². The molecule has 9 heteroatoms. The molecule has 0 fully saturated rings. The summed E-state index contributed by atoms with van der Waals surface area (Å²) < 4.78 is 15.9. The van der Waals surface area contributed by atoms with Gasteiger partial charge in [0.1, 0.15) is 5.75 Å². The minimum atomic E-state index is -0.281. The quantitative estimate of drug-likeness (QED) is 0.0644. The van der Waals surface area contributed by atoms with Crippen LogP contribution in [0, 0.1) is 0 Å². The lowest BCUT2D eigenvalue weighted by molar-refractivity contribution is -0.134. The van der Waals surface area contributed by atoms with Gasteiger partial charge in [-0.25, -0.2) is 0 Å². The molecular weight excluding hydrogens is 529 g/mol. The number of carbonyl (C=O) groups is 3. The van der Waals surface area contributed by atoms with E-state index in [4.69, 9.17) is 14.2 Å². The van der Waals surface area contributed by atoms with E-state index in [1.165, 1.54) is 19.1 Å². The second-order valence-corrected chi connectivity index (χ2v) is 12.2. The predicted molar refractivity (Wildman–Crippen MR) is 153 cm³/mol. The summed E-state index contributed by atoms with van der Waals surface area (Å²) in [7, 11) is 6.16. The number of methoxy groups -OCH3 is 2. The average Bonchev–Trinajstić information content (AvgIpc) is 3.33. The molecule has 1 aromatic rings. The number of allylic oxidation sites excluding steroid dienone is 2. The zero-order valence-corrected chi connectivity index (χ0v) is 24.1. The fourth-order valence-electron chi connectivity index (χ4n) is 4.25. The number of unbranched alkanes of at least 4 members (excludes halogenated alkanes) is 6. The first-order valence-electron chi connectivity index (χ1n) is 12.5. The van der Waals surface area contributed by atoms with Crippen molar-refractivity contribution in [3.05, 3.63) is 58.6 Å². The van der Waals surface area contributed by atoms with Crippen molar-refractivity contribution in [3.8, 4) is 5.75 Å². The summed E-state index contributed by atoms with van der Waals surface area (Å²) in [5.41, 5.74) is 2.08. The first-order valence-corrected chi connectivity index (χ1v) is 15.2. The van der Waals surface area contributed by atoms with Crippen molar-refractivity contribution in [2.45, 2.75) is 69.3 Å². The Morgan fingerprint density at radius 2 is 1.49 bits per heavy atom. The Morgan fingerprint density at radius 1 is 0.892 bits per heavy atom. The number of ether oxygens (including phenoxy) is 3. The van der Waals surface area contributed by atoms with Gasteiger partial charge >= 0.3 is 5.97 Å². The number of benzene rings is 1. The maximum absolute atomic E-state index is 12.7. The van der Waals surface area contributed by atoms with E-state index < -0.39 is 0 Å². The lowest BCUT2D eigenvalue weighted by atomic mass is 9.89. The van der Waals surface area contributed by atoms with Gasteiger partial charge in [-0.15, -0.1) is 0 Å². The van der Waals surface area contributed by atoms with Gasteiger partial charge in [-0.2, -0.15) is 12.6 Å². The largest absolute Gasteiger partial charge is 0.489 e. The molecule has 0 N–H and O–H groups in total. The lowest BCUT2D eigenvalue weighted by Crippen LogP contribution is -2.25. The van der Waals surface area contributed by atoms with Crippen LogP contribution < -0.4 is 4.74 Å². The highest BCUT2D eigenvalue weighted by molar-refractivity contribution is 8.82. The van der Waals surface area contributed by atoms with Crippen LogP contribution in [0.4, 0.5) is 0 Å². The van der Waals surface area contributed by atoms with Gasteiger partial charge in [0.25, 0.3) is 0 Å². The summed E-state index contributed by atoms with van der Waals surface area (Å²) in [6.45, 7) is 1.67. The highest BCUT2D eigenvalue weighted by Crippen LogP contribution is 2.48. The number of hydrogen-bond acceptors (Lipinski definition) is 9. The van der Waals surface area contributed by atoms with Crippen LogP contribution in [-0.4, -0.2) is 36.3 Å². The Hall–Kier alpha value is -2.10. The Bertz CT molecular complexity index is 1090. The Labute approximate surface area is 232 Å². The van der Waals surface area contributed by atoms with Gasteiger partial charge in [0.2, 0.25) is 23.1 Å². The molecule has 2 aliphatic rings. The molecule has 1 atom stereocenters. The van der Waals surface area contributed by atoms with E-state index in [-0.39, 0.29) is 33.6 Å². The molecule has 0 radical (unpaired) electrons. The summed E-state index contributed by atoms with van der Waals surface area (Å²) in [4.78, 5) is 38.4. The summed E-state index contributed by atoms with van der Waals surface area (Å²) in [5, 5.41) is 0. The number of esters is 1. The van der Waals surface area contributed by atoms with Gasteiger partial charge in [-0.3, -0.25) is 14.4 Å². The Morgan fingerprint density at radius 3 is 2.08 bits per heavy atom. The molecule has 1 heterocycles. The number of rotatable bonds is 14. The average molecular weight is 563 g/mol. The van der Waals surface area contributed by atoms with Crippen molar-refractivity contribution in [2.24, 2.45) is 0 Å². The minimum absolute atomic E-state index is 0.00408. The van der Waals surface area contributed by atoms with E-state index in [9.17, 15) is 14.4 Å². The zero-order valence-electron chi connectivity index (χ0n) is 21.5. The molecule has 1 unspecified atom stereocenters. The van der Waals surface area contributed by atoms with E-state index in [0.717, 1.165) is 50.5 Å². The van der Waals surface area contributed by atoms with E-state index in [1.807, 2.05) is 24.3 Å². The molecule has 0 aromatic heterocycles. The van der Waals surface area contributed by atoms with Crippen molar-refractivity contribution in [1.82, 2.24) is 0 Å². The topological polar surface area (TPSA) is 78.9 Å². The third-order valence-electron chi connectivity index (χ3n) is 6.30. The molecule has 0 saturated heterocycles. The van der Waals surface area contributed by atoms with Crippen LogP contribution in [0.3, 0.4) is 0 Å². The van der Waals surface area contributed by atoms with Crippen molar-refractivity contribution >= 4 is 56.7 Å². The summed E-state index contributed by atoms with van der Waals surface area (Å²) in [6.07, 6.45) is 9.82. The van der Waals surface area contributed by atoms with Gasteiger partial charge in [0.05, 0.1) is 18.8 Å². The summed E-state index contributed by atoms with van der Waals surface area (Å²) in [6, 6.07) is 7.61. The molecule has 1 aliphatic carbocycles. The van der Waals surface area contributed by atoms with Crippen LogP contribution in [0.15, 0.2) is 53.0 Å². The first-order chi connectivity index (χ1) is 17.8. The monoisotopic (exact) mass is 562 g/mol. The Balaban J connectivity index is 1.26. The minimum Gasteiger partial charge on any atom is -0.489 e. The number of thiol groups is 1. The number of carbonyl (C=O) groups excluding carboxylic acids is 3. The lowest BCUT2D eigenvalue weighted by Gasteiger charge is -2.20. The third kappa shape index (κ3) is 8.19. The molecule has 3 rings (SSSR count). The normalized spacial score (nSPS) is 17.8. The zero-order chi connectivity index (χ0) is 26.8. The fraction of sp³-hybridized carbons (Fsp3) is 0.464. The van der Waals surface area contributed by atoms with Crippen molar-refractivity contribution in [3.63, 3.8) is 0 Å². The smallest absolute Gasteiger partial charge is 0.311 e. The molecular formula is C28H34O6S3. The van der Waals surface area contributed by atoms with Gasteiger partial charge in [0.15, 0.2) is 0 Å². The van der Waals surface area contributed by atoms with Gasteiger partial charge in [-0.1, -0.05) is 65.8 Å². The highest BCUT2D eigenvalue weighted by atomic mass is 33.1. The van der Waals surface area contributed by atoms with Crippen LogP contribution in [0.1, 0.15) is 70.3 Å². The molecule has 6 nitrogen and oxygen atoms in total.